The lowest BCUT2D eigenvalue weighted by atomic mass is 10.1. The molecule has 0 fully saturated rings. The molecule has 1 aliphatic heterocycles. The average Bonchev–Trinajstić information content (AvgIpc) is 2.93. The highest BCUT2D eigenvalue weighted by Crippen LogP contribution is 2.37. The zero-order chi connectivity index (χ0) is 28.3. The molecule has 39 heavy (non-hydrogen) atoms. The van der Waals surface area contributed by atoms with E-state index in [9.17, 15) is 18.5 Å². The van der Waals surface area contributed by atoms with Crippen molar-refractivity contribution in [3.63, 3.8) is 0 Å². The first kappa shape index (κ1) is 28.8. The maximum atomic E-state index is 13.6. The van der Waals surface area contributed by atoms with E-state index in [4.69, 9.17) is 9.16 Å². The van der Waals surface area contributed by atoms with E-state index in [-0.39, 0.29) is 28.1 Å². The van der Waals surface area contributed by atoms with Gasteiger partial charge in [0.1, 0.15) is 6.23 Å². The van der Waals surface area contributed by atoms with Crippen LogP contribution in [0.25, 0.3) is 0 Å². The van der Waals surface area contributed by atoms with Crippen LogP contribution in [0.4, 0.5) is 5.69 Å². The van der Waals surface area contributed by atoms with Gasteiger partial charge in [0.25, 0.3) is 14.0 Å². The predicted molar refractivity (Wildman–Crippen MR) is 154 cm³/mol. The number of nitro groups is 1. The zero-order valence-corrected chi connectivity index (χ0v) is 24.4. The standard InChI is InChI=1S/C29H34N2O6SSi/c1-29(2,3)39(26-11-7-5-8-12-26,27-13-9-6-10-14-27)37-22-23-15-20-28(36-4)30(21-23)38(34,35)25-18-16-24(17-19-25)31(32)33/h5-20,23,28H,21-22H2,1-4H3/t23-,28?/m1/s1. The van der Waals surface area contributed by atoms with Crippen LogP contribution in [-0.4, -0.2) is 52.5 Å². The lowest BCUT2D eigenvalue weighted by Gasteiger charge is -2.44. The fourth-order valence-electron chi connectivity index (χ4n) is 5.15. The van der Waals surface area contributed by atoms with E-state index in [1.165, 1.54) is 35.7 Å². The van der Waals surface area contributed by atoms with E-state index >= 15 is 0 Å². The van der Waals surface area contributed by atoms with Gasteiger partial charge < -0.3 is 9.16 Å². The summed E-state index contributed by atoms with van der Waals surface area (Å²) >= 11 is 0. The lowest BCUT2D eigenvalue weighted by Crippen LogP contribution is -2.67. The molecule has 0 saturated carbocycles. The minimum atomic E-state index is -3.99. The number of methoxy groups -OCH3 is 1. The van der Waals surface area contributed by atoms with Gasteiger partial charge in [-0.3, -0.25) is 10.1 Å². The van der Waals surface area contributed by atoms with Gasteiger partial charge in [-0.2, -0.15) is 4.31 Å². The van der Waals surface area contributed by atoms with Gasteiger partial charge >= 0.3 is 0 Å². The third-order valence-electron chi connectivity index (χ3n) is 7.07. The Hall–Kier alpha value is -3.15. The molecule has 0 N–H and O–H groups in total. The van der Waals surface area contributed by atoms with Crippen LogP contribution < -0.4 is 10.4 Å². The maximum absolute atomic E-state index is 13.6. The van der Waals surface area contributed by atoms with E-state index < -0.39 is 29.5 Å². The Labute approximate surface area is 231 Å². The highest BCUT2D eigenvalue weighted by Gasteiger charge is 2.50. The monoisotopic (exact) mass is 566 g/mol. The van der Waals surface area contributed by atoms with Gasteiger partial charge in [-0.15, -0.1) is 0 Å². The first-order valence-corrected chi connectivity index (χ1v) is 16.1. The number of nitro benzene ring substituents is 1. The van der Waals surface area contributed by atoms with Crippen molar-refractivity contribution in [1.82, 2.24) is 4.31 Å². The molecule has 0 aliphatic carbocycles. The van der Waals surface area contributed by atoms with E-state index in [1.807, 2.05) is 42.5 Å². The molecule has 10 heteroatoms. The van der Waals surface area contributed by atoms with E-state index in [2.05, 4.69) is 45.0 Å². The quantitative estimate of drug-likeness (QED) is 0.166. The number of benzene rings is 3. The number of non-ortho nitro benzene ring substituents is 1. The summed E-state index contributed by atoms with van der Waals surface area (Å²) in [6.07, 6.45) is 2.88. The molecule has 3 aromatic rings. The minimum Gasteiger partial charge on any atom is -0.407 e. The molecule has 2 atom stereocenters. The molecular formula is C29H34N2O6SSi. The van der Waals surface area contributed by atoms with Crippen LogP contribution in [-0.2, 0) is 19.2 Å². The molecule has 0 bridgehead atoms. The van der Waals surface area contributed by atoms with E-state index in [0.717, 1.165) is 10.4 Å². The molecule has 0 radical (unpaired) electrons. The van der Waals surface area contributed by atoms with Crippen molar-refractivity contribution in [2.24, 2.45) is 5.92 Å². The van der Waals surface area contributed by atoms with Gasteiger partial charge in [0, 0.05) is 38.3 Å². The molecule has 1 unspecified atom stereocenters. The second-order valence-electron chi connectivity index (χ2n) is 10.6. The summed E-state index contributed by atoms with van der Waals surface area (Å²) in [6.45, 7) is 7.05. The highest BCUT2D eigenvalue weighted by atomic mass is 32.2. The summed E-state index contributed by atoms with van der Waals surface area (Å²) in [5.74, 6) is -0.231. The smallest absolute Gasteiger partial charge is 0.269 e. The maximum Gasteiger partial charge on any atom is 0.269 e. The van der Waals surface area contributed by atoms with Crippen LogP contribution in [0.5, 0.6) is 0 Å². The van der Waals surface area contributed by atoms with Crippen LogP contribution in [0, 0.1) is 16.0 Å². The Balaban J connectivity index is 1.66. The predicted octanol–water partition coefficient (Wildman–Crippen LogP) is 4.32. The Morgan fingerprint density at radius 2 is 1.46 bits per heavy atom. The largest absolute Gasteiger partial charge is 0.407 e. The fourth-order valence-corrected chi connectivity index (χ4v) is 11.3. The Morgan fingerprint density at radius 1 is 0.923 bits per heavy atom. The van der Waals surface area contributed by atoms with Crippen LogP contribution in [0.3, 0.4) is 0 Å². The Morgan fingerprint density at radius 3 is 1.92 bits per heavy atom. The van der Waals surface area contributed by atoms with E-state index in [1.54, 1.807) is 6.08 Å². The van der Waals surface area contributed by atoms with E-state index in [0.29, 0.717) is 6.61 Å². The highest BCUT2D eigenvalue weighted by molar-refractivity contribution is 7.89. The molecule has 0 spiro atoms. The molecule has 3 aromatic carbocycles. The molecule has 1 aliphatic rings. The number of rotatable bonds is 9. The number of ether oxygens (including phenoxy) is 1. The first-order chi connectivity index (χ1) is 18.5. The summed E-state index contributed by atoms with van der Waals surface area (Å²) in [5.41, 5.74) is -0.174. The minimum absolute atomic E-state index is 0.0305. The van der Waals surface area contributed by atoms with Crippen LogP contribution >= 0.6 is 0 Å². The van der Waals surface area contributed by atoms with Gasteiger partial charge in [0.2, 0.25) is 10.0 Å². The van der Waals surface area contributed by atoms with Crippen molar-refractivity contribution < 1.29 is 22.5 Å². The molecule has 0 aromatic heterocycles. The van der Waals surface area contributed by atoms with Crippen LogP contribution in [0.1, 0.15) is 20.8 Å². The van der Waals surface area contributed by atoms with Crippen LogP contribution in [0.15, 0.2) is 102 Å². The lowest BCUT2D eigenvalue weighted by molar-refractivity contribution is -0.384. The van der Waals surface area contributed by atoms with Gasteiger partial charge in [0.05, 0.1) is 9.82 Å². The van der Waals surface area contributed by atoms with Crippen molar-refractivity contribution in [3.8, 4) is 0 Å². The summed E-state index contributed by atoms with van der Waals surface area (Å²) in [7, 11) is -5.35. The van der Waals surface area contributed by atoms with Crippen molar-refractivity contribution >= 4 is 34.4 Å². The van der Waals surface area contributed by atoms with Crippen molar-refractivity contribution in [2.75, 3.05) is 20.3 Å². The first-order valence-electron chi connectivity index (χ1n) is 12.7. The Kier molecular flexibility index (Phi) is 8.53. The fraction of sp³-hybridized carbons (Fsp3) is 0.310. The summed E-state index contributed by atoms with van der Waals surface area (Å²) in [4.78, 5) is 10.4. The molecule has 0 saturated heterocycles. The van der Waals surface area contributed by atoms with Crippen molar-refractivity contribution in [3.05, 3.63) is 107 Å². The van der Waals surface area contributed by atoms with Gasteiger partial charge in [-0.05, 0) is 33.6 Å². The molecule has 206 valence electrons. The Bertz CT molecular complexity index is 1370. The zero-order valence-electron chi connectivity index (χ0n) is 22.6. The molecular weight excluding hydrogens is 532 g/mol. The molecule has 8 nitrogen and oxygen atoms in total. The third kappa shape index (κ3) is 5.75. The second kappa shape index (κ2) is 11.5. The summed E-state index contributed by atoms with van der Waals surface area (Å²) in [5, 5.41) is 13.1. The van der Waals surface area contributed by atoms with Crippen LogP contribution in [0.2, 0.25) is 5.04 Å². The molecule has 1 heterocycles. The summed E-state index contributed by atoms with van der Waals surface area (Å²) in [6, 6.07) is 25.5. The topological polar surface area (TPSA) is 99.0 Å². The molecule has 4 rings (SSSR count). The van der Waals surface area contributed by atoms with Gasteiger partial charge in [-0.25, -0.2) is 8.42 Å². The average molecular weight is 567 g/mol. The van der Waals surface area contributed by atoms with Crippen molar-refractivity contribution in [1.29, 1.82) is 0 Å². The molecule has 0 amide bonds. The van der Waals surface area contributed by atoms with Gasteiger partial charge in [0.15, 0.2) is 0 Å². The number of nitrogens with zero attached hydrogens (tertiary/aromatic N) is 2. The SMILES string of the molecule is COC1C=C[C@@H](CO[Si](c2ccccc2)(c2ccccc2)C(C)(C)C)CN1S(=O)(=O)c1ccc([N+](=O)[O-])cc1. The number of sulfonamides is 1. The third-order valence-corrected chi connectivity index (χ3v) is 13.9. The normalized spacial score (nSPS) is 18.7. The summed E-state index contributed by atoms with van der Waals surface area (Å²) < 4.78 is 41.0. The van der Waals surface area contributed by atoms with Gasteiger partial charge in [-0.1, -0.05) is 87.5 Å². The number of hydrogen-bond acceptors (Lipinski definition) is 6. The van der Waals surface area contributed by atoms with Crippen molar-refractivity contribution in [2.45, 2.75) is 36.9 Å². The second-order valence-corrected chi connectivity index (χ2v) is 16.8. The number of hydrogen-bond donors (Lipinski definition) is 0.